The Bertz CT molecular complexity index is 215. The van der Waals surface area contributed by atoms with Crippen LogP contribution >= 0.6 is 11.8 Å². The van der Waals surface area contributed by atoms with Crippen molar-refractivity contribution in [3.8, 4) is 0 Å². The molecule has 0 bridgehead atoms. The Balaban J connectivity index is 1.79. The molecule has 0 aromatic heterocycles. The Kier molecular flexibility index (Phi) is 3.67. The molecule has 3 unspecified atom stereocenters. The summed E-state index contributed by atoms with van der Waals surface area (Å²) in [6, 6.07) is 1.59. The van der Waals surface area contributed by atoms with Crippen molar-refractivity contribution in [2.45, 2.75) is 58.5 Å². The summed E-state index contributed by atoms with van der Waals surface area (Å²) in [5.41, 5.74) is 0.546. The van der Waals surface area contributed by atoms with Crippen LogP contribution in [-0.2, 0) is 0 Å². The van der Waals surface area contributed by atoms with Crippen LogP contribution in [0.4, 0.5) is 0 Å². The standard InChI is InChI=1S/C13H25NS/c1-10-4-5-11(6-10)14-12-7-13(2,3)9-15-8-12/h10-12,14H,4-9H2,1-3H3. The lowest BCUT2D eigenvalue weighted by atomic mass is 9.87. The molecule has 0 aromatic rings. The molecule has 0 amide bonds. The van der Waals surface area contributed by atoms with E-state index in [0.29, 0.717) is 5.41 Å². The molecule has 0 spiro atoms. The van der Waals surface area contributed by atoms with Crippen LogP contribution in [0.2, 0.25) is 0 Å². The third-order valence-corrected chi connectivity index (χ3v) is 5.40. The van der Waals surface area contributed by atoms with Crippen molar-refractivity contribution >= 4 is 11.8 Å². The summed E-state index contributed by atoms with van der Waals surface area (Å²) in [6.45, 7) is 7.21. The Hall–Kier alpha value is 0.310. The molecule has 2 rings (SSSR count). The Morgan fingerprint density at radius 2 is 2.00 bits per heavy atom. The SMILES string of the molecule is CC1CCC(NC2CSCC(C)(C)C2)C1. The Labute approximate surface area is 98.8 Å². The largest absolute Gasteiger partial charge is 0.310 e. The zero-order valence-electron chi connectivity index (χ0n) is 10.4. The first-order valence-corrected chi connectivity index (χ1v) is 7.54. The fourth-order valence-electron chi connectivity index (χ4n) is 3.06. The summed E-state index contributed by atoms with van der Waals surface area (Å²) in [4.78, 5) is 0. The lowest BCUT2D eigenvalue weighted by Gasteiger charge is -2.36. The van der Waals surface area contributed by atoms with Crippen LogP contribution in [0.1, 0.15) is 46.5 Å². The van der Waals surface area contributed by atoms with Gasteiger partial charge >= 0.3 is 0 Å². The van der Waals surface area contributed by atoms with Crippen molar-refractivity contribution < 1.29 is 0 Å². The molecule has 1 aliphatic carbocycles. The second-order valence-electron chi connectivity index (χ2n) is 6.36. The molecule has 1 nitrogen and oxygen atoms in total. The molecule has 3 atom stereocenters. The van der Waals surface area contributed by atoms with Gasteiger partial charge in [0.05, 0.1) is 0 Å². The van der Waals surface area contributed by atoms with E-state index in [-0.39, 0.29) is 0 Å². The van der Waals surface area contributed by atoms with Gasteiger partial charge in [-0.1, -0.05) is 20.8 Å². The van der Waals surface area contributed by atoms with E-state index in [1.54, 1.807) is 0 Å². The predicted octanol–water partition coefficient (Wildman–Crippen LogP) is 3.30. The number of rotatable bonds is 2. The number of nitrogens with one attached hydrogen (secondary N) is 1. The minimum absolute atomic E-state index is 0.546. The lowest BCUT2D eigenvalue weighted by molar-refractivity contribution is 0.299. The molecule has 88 valence electrons. The van der Waals surface area contributed by atoms with Gasteiger partial charge in [0.25, 0.3) is 0 Å². The minimum atomic E-state index is 0.546. The summed E-state index contributed by atoms with van der Waals surface area (Å²) >= 11 is 2.13. The van der Waals surface area contributed by atoms with Gasteiger partial charge in [-0.2, -0.15) is 11.8 Å². The summed E-state index contributed by atoms with van der Waals surface area (Å²) in [5, 5.41) is 3.88. The first-order chi connectivity index (χ1) is 7.05. The summed E-state index contributed by atoms with van der Waals surface area (Å²) in [6.07, 6.45) is 5.61. The molecule has 15 heavy (non-hydrogen) atoms. The van der Waals surface area contributed by atoms with E-state index >= 15 is 0 Å². The maximum atomic E-state index is 3.88. The van der Waals surface area contributed by atoms with Gasteiger partial charge in [0.15, 0.2) is 0 Å². The maximum absolute atomic E-state index is 3.88. The third kappa shape index (κ3) is 3.39. The van der Waals surface area contributed by atoms with E-state index in [4.69, 9.17) is 0 Å². The smallest absolute Gasteiger partial charge is 0.0166 e. The van der Waals surface area contributed by atoms with Crippen LogP contribution in [0.15, 0.2) is 0 Å². The monoisotopic (exact) mass is 227 g/mol. The molecule has 1 aliphatic heterocycles. The average molecular weight is 227 g/mol. The lowest BCUT2D eigenvalue weighted by Crippen LogP contribution is -2.44. The summed E-state index contributed by atoms with van der Waals surface area (Å²) in [5.74, 6) is 3.62. The van der Waals surface area contributed by atoms with E-state index < -0.39 is 0 Å². The topological polar surface area (TPSA) is 12.0 Å². The van der Waals surface area contributed by atoms with Gasteiger partial charge in [-0.3, -0.25) is 0 Å². The highest BCUT2D eigenvalue weighted by molar-refractivity contribution is 7.99. The molecule has 1 saturated heterocycles. The summed E-state index contributed by atoms with van der Waals surface area (Å²) in [7, 11) is 0. The van der Waals surface area contributed by atoms with Crippen molar-refractivity contribution in [2.24, 2.45) is 11.3 Å². The fraction of sp³-hybridized carbons (Fsp3) is 1.00. The highest BCUT2D eigenvalue weighted by Crippen LogP contribution is 2.34. The molecule has 2 fully saturated rings. The first kappa shape index (κ1) is 11.8. The zero-order valence-corrected chi connectivity index (χ0v) is 11.2. The number of thioether (sulfide) groups is 1. The van der Waals surface area contributed by atoms with Crippen LogP contribution in [-0.4, -0.2) is 23.6 Å². The van der Waals surface area contributed by atoms with Crippen molar-refractivity contribution in [2.75, 3.05) is 11.5 Å². The molecule has 0 aromatic carbocycles. The fourth-order valence-corrected chi connectivity index (χ4v) is 4.35. The number of hydrogen-bond donors (Lipinski definition) is 1. The first-order valence-electron chi connectivity index (χ1n) is 6.39. The van der Waals surface area contributed by atoms with E-state index in [2.05, 4.69) is 37.8 Å². The third-order valence-electron chi connectivity index (χ3n) is 3.78. The highest BCUT2D eigenvalue weighted by atomic mass is 32.2. The van der Waals surface area contributed by atoms with Gasteiger partial charge < -0.3 is 5.32 Å². The molecule has 1 N–H and O–H groups in total. The van der Waals surface area contributed by atoms with Gasteiger partial charge in [-0.15, -0.1) is 0 Å². The van der Waals surface area contributed by atoms with Gasteiger partial charge in [0, 0.05) is 17.8 Å². The normalized spacial score (nSPS) is 40.6. The number of hydrogen-bond acceptors (Lipinski definition) is 2. The average Bonchev–Trinajstić information content (AvgIpc) is 2.49. The maximum Gasteiger partial charge on any atom is 0.0166 e. The van der Waals surface area contributed by atoms with E-state index in [1.807, 2.05) is 0 Å². The van der Waals surface area contributed by atoms with Crippen LogP contribution in [0.3, 0.4) is 0 Å². The zero-order chi connectivity index (χ0) is 10.9. The van der Waals surface area contributed by atoms with Crippen molar-refractivity contribution in [1.29, 1.82) is 0 Å². The predicted molar refractivity (Wildman–Crippen MR) is 69.4 cm³/mol. The van der Waals surface area contributed by atoms with Crippen LogP contribution in [0, 0.1) is 11.3 Å². The van der Waals surface area contributed by atoms with Gasteiger partial charge in [-0.05, 0) is 42.8 Å². The molecule has 1 heterocycles. The van der Waals surface area contributed by atoms with Crippen LogP contribution < -0.4 is 5.32 Å². The van der Waals surface area contributed by atoms with Crippen LogP contribution in [0.5, 0.6) is 0 Å². The molecule has 2 heteroatoms. The molecule has 0 radical (unpaired) electrons. The van der Waals surface area contributed by atoms with E-state index in [0.717, 1.165) is 18.0 Å². The van der Waals surface area contributed by atoms with Crippen molar-refractivity contribution in [1.82, 2.24) is 5.32 Å². The van der Waals surface area contributed by atoms with Gasteiger partial charge in [0.2, 0.25) is 0 Å². The van der Waals surface area contributed by atoms with Gasteiger partial charge in [0.1, 0.15) is 0 Å². The molecular formula is C13H25NS. The summed E-state index contributed by atoms with van der Waals surface area (Å²) < 4.78 is 0. The molecular weight excluding hydrogens is 202 g/mol. The molecule has 2 aliphatic rings. The van der Waals surface area contributed by atoms with Crippen molar-refractivity contribution in [3.05, 3.63) is 0 Å². The second-order valence-corrected chi connectivity index (χ2v) is 7.39. The van der Waals surface area contributed by atoms with E-state index in [1.165, 1.54) is 37.2 Å². The van der Waals surface area contributed by atoms with Gasteiger partial charge in [-0.25, -0.2) is 0 Å². The Morgan fingerprint density at radius 1 is 1.20 bits per heavy atom. The van der Waals surface area contributed by atoms with E-state index in [9.17, 15) is 0 Å². The Morgan fingerprint density at radius 3 is 2.60 bits per heavy atom. The van der Waals surface area contributed by atoms with Crippen molar-refractivity contribution in [3.63, 3.8) is 0 Å². The highest BCUT2D eigenvalue weighted by Gasteiger charge is 2.31. The van der Waals surface area contributed by atoms with Crippen LogP contribution in [0.25, 0.3) is 0 Å². The second kappa shape index (κ2) is 4.67. The molecule has 1 saturated carbocycles. The quantitative estimate of drug-likeness (QED) is 0.777. The minimum Gasteiger partial charge on any atom is -0.310 e.